The van der Waals surface area contributed by atoms with Crippen LogP contribution in [0.3, 0.4) is 0 Å². The molecule has 3 heterocycles. The quantitative estimate of drug-likeness (QED) is 0.795. The predicted molar refractivity (Wildman–Crippen MR) is 89.4 cm³/mol. The fourth-order valence-corrected chi connectivity index (χ4v) is 4.21. The van der Waals surface area contributed by atoms with Crippen LogP contribution in [-0.4, -0.2) is 24.5 Å². The molecule has 1 aromatic carbocycles. The van der Waals surface area contributed by atoms with Crippen molar-refractivity contribution < 1.29 is 9.84 Å². The van der Waals surface area contributed by atoms with E-state index in [0.29, 0.717) is 0 Å². The summed E-state index contributed by atoms with van der Waals surface area (Å²) in [6, 6.07) is 2.33. The highest BCUT2D eigenvalue weighted by Gasteiger charge is 2.31. The summed E-state index contributed by atoms with van der Waals surface area (Å²) < 4.78 is 6.03. The molecule has 22 heavy (non-hydrogen) atoms. The van der Waals surface area contributed by atoms with E-state index in [4.69, 9.17) is 4.74 Å². The molecule has 2 atom stereocenters. The van der Waals surface area contributed by atoms with Crippen LogP contribution in [0, 0.1) is 5.92 Å². The fourth-order valence-electron chi connectivity index (χ4n) is 4.21. The van der Waals surface area contributed by atoms with Crippen LogP contribution in [0.5, 0.6) is 5.75 Å². The van der Waals surface area contributed by atoms with Crippen molar-refractivity contribution in [1.29, 1.82) is 0 Å². The number of aliphatic hydroxyl groups is 1. The van der Waals surface area contributed by atoms with Gasteiger partial charge in [0, 0.05) is 35.8 Å². The van der Waals surface area contributed by atoms with Crippen LogP contribution in [0.15, 0.2) is 12.1 Å². The molecule has 118 valence electrons. The number of aliphatic hydroxyl groups excluding tert-OH is 1. The first-order valence-corrected chi connectivity index (χ1v) is 8.62. The number of ether oxygens (including phenoxy) is 1. The molecule has 3 nitrogen and oxygen atoms in total. The monoisotopic (exact) mass is 299 g/mol. The van der Waals surface area contributed by atoms with Crippen molar-refractivity contribution in [1.82, 2.24) is 0 Å². The highest BCUT2D eigenvalue weighted by atomic mass is 16.6. The third-order valence-corrected chi connectivity index (χ3v) is 5.35. The van der Waals surface area contributed by atoms with E-state index in [9.17, 15) is 5.11 Å². The van der Waals surface area contributed by atoms with E-state index in [0.717, 1.165) is 31.7 Å². The number of anilines is 1. The Hall–Kier alpha value is -1.48. The first-order chi connectivity index (χ1) is 10.6. The minimum Gasteiger partial charge on any atom is -0.464 e. The standard InChI is InChI=1S/C19H25NO2/c1-12-10-13(2)19(21)22-18-15-7-5-9-20-8-4-3-6-14(17(15)20)11-16(12)18/h10-11,13,19,21H,3-9H2,1-2H3/t13?,19-/m0/s1. The number of rotatable bonds is 0. The number of aryl methyl sites for hydroxylation is 1. The molecule has 0 saturated heterocycles. The van der Waals surface area contributed by atoms with Crippen LogP contribution in [0.2, 0.25) is 0 Å². The molecule has 0 spiro atoms. The Morgan fingerprint density at radius 1 is 1.18 bits per heavy atom. The van der Waals surface area contributed by atoms with Gasteiger partial charge in [0.15, 0.2) is 0 Å². The Morgan fingerprint density at radius 2 is 2.00 bits per heavy atom. The van der Waals surface area contributed by atoms with Gasteiger partial charge in [-0.25, -0.2) is 0 Å². The van der Waals surface area contributed by atoms with E-state index in [1.807, 2.05) is 6.92 Å². The van der Waals surface area contributed by atoms with Crippen LogP contribution < -0.4 is 9.64 Å². The van der Waals surface area contributed by atoms with Gasteiger partial charge in [0.05, 0.1) is 0 Å². The molecule has 0 bridgehead atoms. The normalized spacial score (nSPS) is 27.0. The van der Waals surface area contributed by atoms with Crippen molar-refractivity contribution in [2.75, 3.05) is 18.0 Å². The second kappa shape index (κ2) is 5.31. The van der Waals surface area contributed by atoms with Crippen LogP contribution in [0.4, 0.5) is 5.69 Å². The van der Waals surface area contributed by atoms with Gasteiger partial charge in [-0.3, -0.25) is 0 Å². The maximum atomic E-state index is 10.3. The molecule has 4 rings (SSSR count). The van der Waals surface area contributed by atoms with E-state index in [1.165, 1.54) is 47.2 Å². The summed E-state index contributed by atoms with van der Waals surface area (Å²) in [6.07, 6.45) is 7.35. The zero-order valence-corrected chi connectivity index (χ0v) is 13.6. The molecule has 0 aliphatic carbocycles. The minimum absolute atomic E-state index is 0.0269. The molecular formula is C19H25NO2. The molecule has 3 aliphatic rings. The van der Waals surface area contributed by atoms with Gasteiger partial charge in [0.25, 0.3) is 0 Å². The van der Waals surface area contributed by atoms with Crippen LogP contribution >= 0.6 is 0 Å². The summed E-state index contributed by atoms with van der Waals surface area (Å²) in [5, 5.41) is 10.3. The lowest BCUT2D eigenvalue weighted by atomic mass is 9.90. The SMILES string of the molecule is CC1=CC(C)[C@@H](O)Oc2c1cc1c3c2CCCN3CCCC1. The zero-order valence-electron chi connectivity index (χ0n) is 13.6. The van der Waals surface area contributed by atoms with Crippen molar-refractivity contribution in [3.63, 3.8) is 0 Å². The van der Waals surface area contributed by atoms with Crippen LogP contribution in [0.1, 0.15) is 49.8 Å². The van der Waals surface area contributed by atoms with E-state index < -0.39 is 6.29 Å². The number of allylic oxidation sites excluding steroid dienone is 1. The number of hydrogen-bond acceptors (Lipinski definition) is 3. The molecule has 0 aromatic heterocycles. The first-order valence-electron chi connectivity index (χ1n) is 8.62. The average Bonchev–Trinajstić information content (AvgIpc) is 2.77. The van der Waals surface area contributed by atoms with E-state index >= 15 is 0 Å². The number of nitrogens with zero attached hydrogens (tertiary/aromatic N) is 1. The lowest BCUT2D eigenvalue weighted by Gasteiger charge is -2.34. The van der Waals surface area contributed by atoms with Crippen molar-refractivity contribution in [3.8, 4) is 5.75 Å². The van der Waals surface area contributed by atoms with Gasteiger partial charge in [-0.1, -0.05) is 13.0 Å². The van der Waals surface area contributed by atoms with E-state index in [1.54, 1.807) is 0 Å². The minimum atomic E-state index is -0.744. The third-order valence-electron chi connectivity index (χ3n) is 5.35. The maximum Gasteiger partial charge on any atom is 0.203 e. The molecule has 0 radical (unpaired) electrons. The van der Waals surface area contributed by atoms with Crippen LogP contribution in [0.25, 0.3) is 5.57 Å². The lowest BCUT2D eigenvalue weighted by molar-refractivity contribution is -0.0428. The van der Waals surface area contributed by atoms with Crippen molar-refractivity contribution in [2.24, 2.45) is 5.92 Å². The van der Waals surface area contributed by atoms with Crippen molar-refractivity contribution in [2.45, 2.75) is 52.2 Å². The number of hydrogen-bond donors (Lipinski definition) is 1. The highest BCUT2D eigenvalue weighted by Crippen LogP contribution is 2.45. The van der Waals surface area contributed by atoms with Gasteiger partial charge < -0.3 is 14.7 Å². The molecule has 0 fully saturated rings. The van der Waals surface area contributed by atoms with Crippen molar-refractivity contribution in [3.05, 3.63) is 28.8 Å². The molecule has 3 aliphatic heterocycles. The second-order valence-corrected chi connectivity index (χ2v) is 7.00. The molecule has 1 aromatic rings. The average molecular weight is 299 g/mol. The Morgan fingerprint density at radius 3 is 2.86 bits per heavy atom. The second-order valence-electron chi connectivity index (χ2n) is 7.00. The maximum absolute atomic E-state index is 10.3. The van der Waals surface area contributed by atoms with Gasteiger partial charge in [-0.15, -0.1) is 0 Å². The fraction of sp³-hybridized carbons (Fsp3) is 0.579. The van der Waals surface area contributed by atoms with Gasteiger partial charge in [0.2, 0.25) is 6.29 Å². The molecule has 1 N–H and O–H groups in total. The van der Waals surface area contributed by atoms with Gasteiger partial charge >= 0.3 is 0 Å². The molecule has 3 heteroatoms. The largest absolute Gasteiger partial charge is 0.464 e. The summed E-state index contributed by atoms with van der Waals surface area (Å²) in [5.41, 5.74) is 6.66. The Labute approximate surface area is 132 Å². The summed E-state index contributed by atoms with van der Waals surface area (Å²) in [4.78, 5) is 2.55. The van der Waals surface area contributed by atoms with E-state index in [2.05, 4.69) is 24.0 Å². The van der Waals surface area contributed by atoms with Gasteiger partial charge in [-0.05, 0) is 56.2 Å². The highest BCUT2D eigenvalue weighted by molar-refractivity contribution is 5.79. The summed E-state index contributed by atoms with van der Waals surface area (Å²) in [7, 11) is 0. The van der Waals surface area contributed by atoms with Gasteiger partial charge in [0.1, 0.15) is 5.75 Å². The topological polar surface area (TPSA) is 32.7 Å². The van der Waals surface area contributed by atoms with Crippen LogP contribution in [-0.2, 0) is 12.8 Å². The Kier molecular flexibility index (Phi) is 3.41. The zero-order chi connectivity index (χ0) is 15.3. The molecular weight excluding hydrogens is 274 g/mol. The smallest absolute Gasteiger partial charge is 0.203 e. The molecule has 0 amide bonds. The third kappa shape index (κ3) is 2.14. The molecule has 1 unspecified atom stereocenters. The summed E-state index contributed by atoms with van der Waals surface area (Å²) in [5.74, 6) is 0.968. The molecule has 0 saturated carbocycles. The first kappa shape index (κ1) is 14.1. The van der Waals surface area contributed by atoms with E-state index in [-0.39, 0.29) is 5.92 Å². The Balaban J connectivity index is 1.94. The lowest BCUT2D eigenvalue weighted by Crippen LogP contribution is -2.31. The van der Waals surface area contributed by atoms with Gasteiger partial charge in [-0.2, -0.15) is 0 Å². The summed E-state index contributed by atoms with van der Waals surface area (Å²) in [6.45, 7) is 6.48. The number of fused-ring (bicyclic) bond motifs is 2. The number of benzene rings is 1. The Bertz CT molecular complexity index is 635. The predicted octanol–water partition coefficient (Wildman–Crippen LogP) is 3.53. The van der Waals surface area contributed by atoms with Crippen molar-refractivity contribution >= 4 is 11.3 Å². The summed E-state index contributed by atoms with van der Waals surface area (Å²) >= 11 is 0.